The van der Waals surface area contributed by atoms with Gasteiger partial charge in [0.05, 0.1) is 5.69 Å². The molecule has 156 valence electrons. The largest absolute Gasteiger partial charge is 0.464 e. The molecule has 1 rings (SSSR count). The third-order valence-electron chi connectivity index (χ3n) is 4.19. The van der Waals surface area contributed by atoms with E-state index in [9.17, 15) is 9.18 Å². The van der Waals surface area contributed by atoms with Crippen molar-refractivity contribution >= 4 is 24.2 Å². The topological polar surface area (TPSA) is 99.7 Å². The van der Waals surface area contributed by atoms with E-state index in [4.69, 9.17) is 21.6 Å². The minimum Gasteiger partial charge on any atom is -0.464 e. The lowest BCUT2D eigenvalue weighted by molar-refractivity contribution is -0.135. The molecule has 1 heterocycles. The van der Waals surface area contributed by atoms with Crippen LogP contribution in [0.4, 0.5) is 15.9 Å². The number of halogens is 1. The summed E-state index contributed by atoms with van der Waals surface area (Å²) >= 11 is 0. The number of nitrogens with two attached hydrogens (primary N) is 1. The summed E-state index contributed by atoms with van der Waals surface area (Å²) in [7, 11) is 1.49. The summed E-state index contributed by atoms with van der Waals surface area (Å²) in [6.45, 7) is 8.02. The maximum atomic E-state index is 13.1. The number of hydrogen-bond acceptors (Lipinski definition) is 7. The fourth-order valence-electron chi connectivity index (χ4n) is 2.50. The number of terminal acetylenes is 1. The third-order valence-corrected chi connectivity index (χ3v) is 4.19. The number of carbonyl (C=O) groups excluding carboxylic acids is 1. The highest BCUT2D eigenvalue weighted by molar-refractivity contribution is 5.71. The number of methoxy groups -OCH3 is 1. The Balaban J connectivity index is 0.00000352. The van der Waals surface area contributed by atoms with Gasteiger partial charge in [-0.25, -0.2) is 4.98 Å². The van der Waals surface area contributed by atoms with Gasteiger partial charge in [-0.3, -0.25) is 9.79 Å². The summed E-state index contributed by atoms with van der Waals surface area (Å²) in [5.41, 5.74) is 5.54. The predicted molar refractivity (Wildman–Crippen MR) is 109 cm³/mol. The van der Waals surface area contributed by atoms with Crippen LogP contribution in [-0.2, 0) is 14.3 Å². The Morgan fingerprint density at radius 2 is 2.11 bits per heavy atom. The molecule has 2 atom stereocenters. The standard InChI is InChI=1S/C18H25FN4O3.C2H6/c1-5-14(8-7-9-18(6-2,25-4)11-26-12-24)10-21-15-13(3)22-17(19)23-16(15)20;1-2/h2,10,12,14H,5,7-9,11H2,1,3-4H3,(H2,20,22,23);1-2H3. The second-order valence-corrected chi connectivity index (χ2v) is 5.90. The molecular formula is C20H31FN4O3. The van der Waals surface area contributed by atoms with Crippen molar-refractivity contribution in [1.82, 2.24) is 9.97 Å². The highest BCUT2D eigenvalue weighted by Gasteiger charge is 2.28. The summed E-state index contributed by atoms with van der Waals surface area (Å²) in [5.74, 6) is 2.74. The summed E-state index contributed by atoms with van der Waals surface area (Å²) in [6, 6.07) is 0. The minimum atomic E-state index is -0.928. The third kappa shape index (κ3) is 8.01. The molecule has 2 N–H and O–H groups in total. The summed E-state index contributed by atoms with van der Waals surface area (Å²) in [4.78, 5) is 21.9. The van der Waals surface area contributed by atoms with Crippen molar-refractivity contribution in [3.63, 3.8) is 0 Å². The fraction of sp³-hybridized carbons (Fsp3) is 0.600. The monoisotopic (exact) mass is 394 g/mol. The Kier molecular flexibility index (Phi) is 12.4. The zero-order valence-corrected chi connectivity index (χ0v) is 17.4. The lowest BCUT2D eigenvalue weighted by Crippen LogP contribution is -2.35. The molecule has 0 aliphatic rings. The molecule has 2 unspecified atom stereocenters. The molecule has 7 nitrogen and oxygen atoms in total. The highest BCUT2D eigenvalue weighted by Crippen LogP contribution is 2.25. The van der Waals surface area contributed by atoms with Crippen molar-refractivity contribution in [2.45, 2.75) is 59.0 Å². The van der Waals surface area contributed by atoms with Gasteiger partial charge < -0.3 is 15.2 Å². The van der Waals surface area contributed by atoms with Crippen LogP contribution in [0.5, 0.6) is 0 Å². The fourth-order valence-corrected chi connectivity index (χ4v) is 2.50. The molecule has 1 aromatic heterocycles. The van der Waals surface area contributed by atoms with Crippen LogP contribution in [0, 0.1) is 31.3 Å². The van der Waals surface area contributed by atoms with Gasteiger partial charge in [-0.15, -0.1) is 6.42 Å². The van der Waals surface area contributed by atoms with Crippen LogP contribution in [0.2, 0.25) is 0 Å². The van der Waals surface area contributed by atoms with Crippen LogP contribution < -0.4 is 5.73 Å². The molecule has 0 amide bonds. The van der Waals surface area contributed by atoms with Crippen molar-refractivity contribution < 1.29 is 18.7 Å². The first-order valence-corrected chi connectivity index (χ1v) is 9.33. The normalized spacial score (nSPS) is 13.8. The van der Waals surface area contributed by atoms with Crippen molar-refractivity contribution in [3.8, 4) is 12.3 Å². The molecule has 0 spiro atoms. The van der Waals surface area contributed by atoms with Gasteiger partial charge in [-0.05, 0) is 38.5 Å². The summed E-state index contributed by atoms with van der Waals surface area (Å²) in [6.07, 6.45) is 9.38. The first-order valence-electron chi connectivity index (χ1n) is 9.33. The number of aryl methyl sites for hydroxylation is 1. The molecule has 0 bridgehead atoms. The van der Waals surface area contributed by atoms with Crippen LogP contribution in [0.1, 0.15) is 52.1 Å². The molecule has 0 saturated heterocycles. The van der Waals surface area contributed by atoms with Gasteiger partial charge in [-0.2, -0.15) is 9.37 Å². The molecule has 0 aromatic carbocycles. The Morgan fingerprint density at radius 1 is 1.43 bits per heavy atom. The number of nitrogen functional groups attached to an aromatic ring is 1. The van der Waals surface area contributed by atoms with E-state index in [0.717, 1.165) is 19.3 Å². The number of aliphatic imine (C=N–C) groups is 1. The highest BCUT2D eigenvalue weighted by atomic mass is 19.1. The smallest absolute Gasteiger partial charge is 0.310 e. The zero-order valence-electron chi connectivity index (χ0n) is 17.4. The van der Waals surface area contributed by atoms with Crippen LogP contribution in [0.15, 0.2) is 4.99 Å². The van der Waals surface area contributed by atoms with Gasteiger partial charge in [-0.1, -0.05) is 26.7 Å². The average molecular weight is 394 g/mol. The lowest BCUT2D eigenvalue weighted by atomic mass is 9.93. The Morgan fingerprint density at radius 3 is 2.61 bits per heavy atom. The van der Waals surface area contributed by atoms with E-state index in [1.807, 2.05) is 20.8 Å². The van der Waals surface area contributed by atoms with Gasteiger partial charge in [0.2, 0.25) is 0 Å². The molecule has 0 fully saturated rings. The van der Waals surface area contributed by atoms with E-state index < -0.39 is 11.7 Å². The van der Waals surface area contributed by atoms with Crippen molar-refractivity contribution in [3.05, 3.63) is 11.8 Å². The van der Waals surface area contributed by atoms with E-state index in [1.54, 1.807) is 13.1 Å². The molecule has 0 aliphatic heterocycles. The molecule has 0 radical (unpaired) electrons. The first kappa shape index (κ1) is 25.5. The Bertz CT molecular complexity index is 653. The van der Waals surface area contributed by atoms with Crippen molar-refractivity contribution in [2.24, 2.45) is 10.9 Å². The van der Waals surface area contributed by atoms with Gasteiger partial charge >= 0.3 is 6.08 Å². The number of ether oxygens (including phenoxy) is 2. The second-order valence-electron chi connectivity index (χ2n) is 5.90. The predicted octanol–water partition coefficient (Wildman–Crippen LogP) is 3.62. The number of anilines is 1. The van der Waals surface area contributed by atoms with E-state index >= 15 is 0 Å². The Hall–Kier alpha value is -2.53. The zero-order chi connectivity index (χ0) is 21.6. The second kappa shape index (κ2) is 13.6. The van der Waals surface area contributed by atoms with E-state index in [1.165, 1.54) is 7.11 Å². The van der Waals surface area contributed by atoms with Gasteiger partial charge in [0, 0.05) is 13.3 Å². The van der Waals surface area contributed by atoms with E-state index in [-0.39, 0.29) is 18.3 Å². The number of rotatable bonds is 11. The first-order chi connectivity index (χ1) is 13.4. The molecule has 8 heteroatoms. The van der Waals surface area contributed by atoms with Crippen LogP contribution >= 0.6 is 0 Å². The van der Waals surface area contributed by atoms with Gasteiger partial charge in [0.25, 0.3) is 6.47 Å². The lowest BCUT2D eigenvalue weighted by Gasteiger charge is -2.26. The van der Waals surface area contributed by atoms with E-state index in [0.29, 0.717) is 24.3 Å². The number of hydrogen-bond donors (Lipinski definition) is 1. The van der Waals surface area contributed by atoms with Gasteiger partial charge in [0.1, 0.15) is 12.3 Å². The number of nitrogens with zero attached hydrogens (tertiary/aromatic N) is 3. The maximum absolute atomic E-state index is 13.1. The molecule has 0 aliphatic carbocycles. The van der Waals surface area contributed by atoms with Crippen LogP contribution in [-0.4, -0.2) is 42.0 Å². The van der Waals surface area contributed by atoms with Gasteiger partial charge in [0.15, 0.2) is 11.4 Å². The van der Waals surface area contributed by atoms with Crippen molar-refractivity contribution in [1.29, 1.82) is 0 Å². The van der Waals surface area contributed by atoms with Crippen molar-refractivity contribution in [2.75, 3.05) is 19.5 Å². The number of carbonyl (C=O) groups is 1. The minimum absolute atomic E-state index is 0.0109. The molecule has 1 aromatic rings. The van der Waals surface area contributed by atoms with Crippen LogP contribution in [0.3, 0.4) is 0 Å². The summed E-state index contributed by atoms with van der Waals surface area (Å²) in [5, 5.41) is 0. The SMILES string of the molecule is C#CC(CCCC(C=Nc1c(C)nc(F)nc1N)CC)(COC=O)OC.CC. The molecular weight excluding hydrogens is 363 g/mol. The van der Waals surface area contributed by atoms with Crippen LogP contribution in [0.25, 0.3) is 0 Å². The molecule has 0 saturated carbocycles. The van der Waals surface area contributed by atoms with E-state index in [2.05, 4.69) is 20.9 Å². The average Bonchev–Trinajstić information content (AvgIpc) is 2.70. The molecule has 28 heavy (non-hydrogen) atoms. The quantitative estimate of drug-likeness (QED) is 0.266. The summed E-state index contributed by atoms with van der Waals surface area (Å²) < 4.78 is 23.2. The number of aromatic nitrogens is 2. The Labute approximate surface area is 167 Å². The maximum Gasteiger partial charge on any atom is 0.310 e.